The van der Waals surface area contributed by atoms with Crippen molar-refractivity contribution in [1.29, 1.82) is 0 Å². The molecule has 3 nitrogen and oxygen atoms in total. The Balaban J connectivity index is 1.86. The highest BCUT2D eigenvalue weighted by molar-refractivity contribution is 9.10. The van der Waals surface area contributed by atoms with Crippen molar-refractivity contribution >= 4 is 15.9 Å². The van der Waals surface area contributed by atoms with Gasteiger partial charge >= 0.3 is 0 Å². The minimum absolute atomic E-state index is 0.166. The number of hydrogen-bond donors (Lipinski definition) is 1. The maximum atomic E-state index is 6.25. The maximum absolute atomic E-state index is 6.25. The molecule has 18 heavy (non-hydrogen) atoms. The largest absolute Gasteiger partial charge is 0.493 e. The molecule has 2 saturated carbocycles. The van der Waals surface area contributed by atoms with Crippen LogP contribution in [0.5, 0.6) is 11.5 Å². The van der Waals surface area contributed by atoms with Gasteiger partial charge in [0, 0.05) is 10.0 Å². The van der Waals surface area contributed by atoms with E-state index >= 15 is 0 Å². The zero-order valence-electron chi connectivity index (χ0n) is 10.5. The van der Waals surface area contributed by atoms with Crippen LogP contribution in [-0.2, 0) is 5.54 Å². The van der Waals surface area contributed by atoms with Gasteiger partial charge in [-0.3, -0.25) is 0 Å². The molecule has 0 aliphatic heterocycles. The van der Waals surface area contributed by atoms with Crippen molar-refractivity contribution in [2.24, 2.45) is 11.7 Å². The third kappa shape index (κ3) is 2.36. The highest BCUT2D eigenvalue weighted by Gasteiger charge is 2.42. The third-order valence-corrected chi connectivity index (χ3v) is 4.41. The summed E-state index contributed by atoms with van der Waals surface area (Å²) in [5.74, 6) is 2.33. The van der Waals surface area contributed by atoms with Crippen molar-refractivity contribution in [1.82, 2.24) is 0 Å². The van der Waals surface area contributed by atoms with Crippen molar-refractivity contribution in [3.63, 3.8) is 0 Å². The molecule has 2 aliphatic carbocycles. The average molecular weight is 312 g/mol. The summed E-state index contributed by atoms with van der Waals surface area (Å²) in [5, 5.41) is 0. The Morgan fingerprint density at radius 3 is 2.61 bits per heavy atom. The minimum Gasteiger partial charge on any atom is -0.493 e. The normalized spacial score (nSPS) is 20.6. The van der Waals surface area contributed by atoms with Crippen molar-refractivity contribution < 1.29 is 9.47 Å². The van der Waals surface area contributed by atoms with Crippen molar-refractivity contribution in [3.05, 3.63) is 22.2 Å². The Morgan fingerprint density at radius 1 is 1.33 bits per heavy atom. The molecule has 0 saturated heterocycles. The molecule has 2 fully saturated rings. The fourth-order valence-electron chi connectivity index (χ4n) is 2.09. The standard InChI is InChI=1S/C14H18BrNO2/c1-17-12-6-10(14(16)4-5-14)11(15)7-13(12)18-8-9-2-3-9/h6-7,9H,2-5,8,16H2,1H3. The zero-order chi connectivity index (χ0) is 12.8. The number of rotatable bonds is 5. The molecular weight excluding hydrogens is 294 g/mol. The number of hydrogen-bond acceptors (Lipinski definition) is 3. The van der Waals surface area contributed by atoms with Gasteiger partial charge < -0.3 is 15.2 Å². The van der Waals surface area contributed by atoms with Gasteiger partial charge in [0.15, 0.2) is 11.5 Å². The second-order valence-electron chi connectivity index (χ2n) is 5.39. The molecule has 0 bridgehead atoms. The van der Waals surface area contributed by atoms with Crippen LogP contribution in [0, 0.1) is 5.92 Å². The van der Waals surface area contributed by atoms with E-state index in [0.29, 0.717) is 0 Å². The lowest BCUT2D eigenvalue weighted by Crippen LogP contribution is -2.19. The quantitative estimate of drug-likeness (QED) is 0.908. The van der Waals surface area contributed by atoms with Gasteiger partial charge in [0.2, 0.25) is 0 Å². The van der Waals surface area contributed by atoms with Crippen LogP contribution in [0.15, 0.2) is 16.6 Å². The van der Waals surface area contributed by atoms with Crippen molar-refractivity contribution in [2.75, 3.05) is 13.7 Å². The second-order valence-corrected chi connectivity index (χ2v) is 6.25. The minimum atomic E-state index is -0.166. The van der Waals surface area contributed by atoms with Crippen molar-refractivity contribution in [3.8, 4) is 11.5 Å². The Morgan fingerprint density at radius 2 is 2.06 bits per heavy atom. The summed E-state index contributed by atoms with van der Waals surface area (Å²) >= 11 is 3.59. The van der Waals surface area contributed by atoms with Crippen LogP contribution in [0.25, 0.3) is 0 Å². The first-order valence-corrected chi connectivity index (χ1v) is 7.21. The van der Waals surface area contributed by atoms with Crippen LogP contribution in [0.4, 0.5) is 0 Å². The molecule has 0 unspecified atom stereocenters. The summed E-state index contributed by atoms with van der Waals surface area (Å²) in [6.07, 6.45) is 4.65. The molecule has 98 valence electrons. The van der Waals surface area contributed by atoms with E-state index in [-0.39, 0.29) is 5.54 Å². The molecule has 0 radical (unpaired) electrons. The molecule has 0 spiro atoms. The summed E-state index contributed by atoms with van der Waals surface area (Å²) < 4.78 is 12.3. The van der Waals surface area contributed by atoms with E-state index in [4.69, 9.17) is 15.2 Å². The van der Waals surface area contributed by atoms with Crippen LogP contribution >= 0.6 is 15.9 Å². The zero-order valence-corrected chi connectivity index (χ0v) is 12.1. The second kappa shape index (κ2) is 4.42. The smallest absolute Gasteiger partial charge is 0.162 e. The number of ether oxygens (including phenoxy) is 2. The van der Waals surface area contributed by atoms with E-state index in [1.165, 1.54) is 12.8 Å². The molecule has 2 N–H and O–H groups in total. The SMILES string of the molecule is COc1cc(C2(N)CC2)c(Br)cc1OCC1CC1. The molecular formula is C14H18BrNO2. The van der Waals surface area contributed by atoms with E-state index in [9.17, 15) is 0 Å². The first-order chi connectivity index (χ1) is 8.62. The maximum Gasteiger partial charge on any atom is 0.162 e. The first kappa shape index (κ1) is 12.3. The highest BCUT2D eigenvalue weighted by Crippen LogP contribution is 2.48. The Kier molecular flexibility index (Phi) is 3.02. The molecule has 1 aromatic rings. The van der Waals surface area contributed by atoms with Gasteiger partial charge in [-0.15, -0.1) is 0 Å². The van der Waals surface area contributed by atoms with Gasteiger partial charge in [-0.2, -0.15) is 0 Å². The fourth-order valence-corrected chi connectivity index (χ4v) is 2.80. The van der Waals surface area contributed by atoms with E-state index in [1.807, 2.05) is 12.1 Å². The van der Waals surface area contributed by atoms with E-state index in [2.05, 4.69) is 15.9 Å². The fraction of sp³-hybridized carbons (Fsp3) is 0.571. The Hall–Kier alpha value is -0.740. The topological polar surface area (TPSA) is 44.5 Å². The molecule has 0 aromatic heterocycles. The van der Waals surface area contributed by atoms with Gasteiger partial charge in [0.05, 0.1) is 13.7 Å². The predicted octanol–water partition coefficient (Wildman–Crippen LogP) is 3.19. The summed E-state index contributed by atoms with van der Waals surface area (Å²) in [6.45, 7) is 0.788. The molecule has 2 aliphatic rings. The molecule has 3 rings (SSSR count). The lowest BCUT2D eigenvalue weighted by Gasteiger charge is -2.17. The van der Waals surface area contributed by atoms with E-state index in [1.54, 1.807) is 7.11 Å². The summed E-state index contributed by atoms with van der Waals surface area (Å²) in [4.78, 5) is 0. The third-order valence-electron chi connectivity index (χ3n) is 3.75. The number of nitrogens with two attached hydrogens (primary N) is 1. The van der Waals surface area contributed by atoms with E-state index < -0.39 is 0 Å². The lowest BCUT2D eigenvalue weighted by atomic mass is 10.1. The first-order valence-electron chi connectivity index (χ1n) is 6.42. The van der Waals surface area contributed by atoms with Gasteiger partial charge in [-0.05, 0) is 49.3 Å². The van der Waals surface area contributed by atoms with Crippen LogP contribution in [0.2, 0.25) is 0 Å². The van der Waals surface area contributed by atoms with Crippen LogP contribution in [0.3, 0.4) is 0 Å². The van der Waals surface area contributed by atoms with Gasteiger partial charge in [0.25, 0.3) is 0 Å². The van der Waals surface area contributed by atoms with Gasteiger partial charge in [-0.25, -0.2) is 0 Å². The average Bonchev–Trinajstić information content (AvgIpc) is 3.24. The van der Waals surface area contributed by atoms with Crippen LogP contribution < -0.4 is 15.2 Å². The monoisotopic (exact) mass is 311 g/mol. The summed E-state index contributed by atoms with van der Waals surface area (Å²) in [5.41, 5.74) is 7.21. The van der Waals surface area contributed by atoms with Crippen LogP contribution in [-0.4, -0.2) is 13.7 Å². The highest BCUT2D eigenvalue weighted by atomic mass is 79.9. The number of halogens is 1. The Labute approximate surface area is 116 Å². The molecule has 1 aromatic carbocycles. The van der Waals surface area contributed by atoms with Gasteiger partial charge in [0.1, 0.15) is 0 Å². The molecule has 0 heterocycles. The van der Waals surface area contributed by atoms with E-state index in [0.717, 1.165) is 46.9 Å². The summed E-state index contributed by atoms with van der Waals surface area (Å²) in [6, 6.07) is 4.00. The molecule has 0 atom stereocenters. The lowest BCUT2D eigenvalue weighted by molar-refractivity contribution is 0.280. The van der Waals surface area contributed by atoms with Crippen LogP contribution in [0.1, 0.15) is 31.2 Å². The predicted molar refractivity (Wildman–Crippen MR) is 74.0 cm³/mol. The molecule has 4 heteroatoms. The summed E-state index contributed by atoms with van der Waals surface area (Å²) in [7, 11) is 1.67. The van der Waals surface area contributed by atoms with Gasteiger partial charge in [-0.1, -0.05) is 15.9 Å². The van der Waals surface area contributed by atoms with Crippen molar-refractivity contribution in [2.45, 2.75) is 31.2 Å². The number of methoxy groups -OCH3 is 1. The number of benzene rings is 1. The molecule has 0 amide bonds. The Bertz CT molecular complexity index is 467.